The first-order valence-corrected chi connectivity index (χ1v) is 20.9. The lowest BCUT2D eigenvalue weighted by atomic mass is 9.72. The van der Waals surface area contributed by atoms with Gasteiger partial charge < -0.3 is 42.8 Å². The van der Waals surface area contributed by atoms with Gasteiger partial charge in [-0.1, -0.05) is 74.5 Å². The monoisotopic (exact) mass is 790 g/mol. The molecule has 13 heteroatoms. The van der Waals surface area contributed by atoms with E-state index < -0.39 is 29.4 Å². The summed E-state index contributed by atoms with van der Waals surface area (Å²) in [6.07, 6.45) is 6.17. The predicted molar refractivity (Wildman–Crippen MR) is 221 cm³/mol. The molecule has 2 aromatic rings. The Morgan fingerprint density at radius 1 is 0.825 bits per heavy atom. The molecule has 1 aliphatic heterocycles. The molecule has 2 fully saturated rings. The van der Waals surface area contributed by atoms with Crippen molar-refractivity contribution in [2.24, 2.45) is 34.5 Å². The number of piperidine rings is 1. The standard InChI is InChI=1S/C44H67N7O6/c1-31(2)35-29-44(35,42(56)49-36(16-10-11-24-45)41(55)51-26-22-43(21-25-46,23-27-51)20-19-39(53)57-3)50-40(54)37(28-32-12-6-4-7-13-32)48-38(52)18-17-34(30-47)33-14-8-5-9-15-33/h4-9,12-15,31,34-37H,10-11,16-30,45-47H2,1-3H3,(H,48,52)(H,49,56)(H,50,54)/t34?,35?,36-,37-,44?/m1/s1. The number of nitrogens with zero attached hydrogens (tertiary/aromatic N) is 1. The van der Waals surface area contributed by atoms with E-state index in [1.165, 1.54) is 7.11 Å². The lowest BCUT2D eigenvalue weighted by Gasteiger charge is -2.43. The van der Waals surface area contributed by atoms with Crippen molar-refractivity contribution in [1.82, 2.24) is 20.9 Å². The average molecular weight is 790 g/mol. The largest absolute Gasteiger partial charge is 0.469 e. The molecule has 1 heterocycles. The van der Waals surface area contributed by atoms with E-state index >= 15 is 0 Å². The molecule has 1 aliphatic carbocycles. The van der Waals surface area contributed by atoms with Crippen LogP contribution in [-0.2, 0) is 35.1 Å². The van der Waals surface area contributed by atoms with Crippen LogP contribution in [0.5, 0.6) is 0 Å². The number of likely N-dealkylation sites (tertiary alicyclic amines) is 1. The van der Waals surface area contributed by atoms with Gasteiger partial charge in [0.15, 0.2) is 0 Å². The van der Waals surface area contributed by atoms with Crippen molar-refractivity contribution >= 4 is 29.6 Å². The number of benzene rings is 2. The maximum atomic E-state index is 14.4. The fraction of sp³-hybridized carbons (Fsp3) is 0.614. The molecule has 0 spiro atoms. The van der Waals surface area contributed by atoms with Gasteiger partial charge >= 0.3 is 5.97 Å². The molecule has 1 saturated carbocycles. The number of rotatable bonds is 23. The molecule has 0 bridgehead atoms. The number of unbranched alkanes of at least 4 members (excludes halogenated alkanes) is 1. The quantitative estimate of drug-likeness (QED) is 0.0720. The van der Waals surface area contributed by atoms with Gasteiger partial charge in [-0.2, -0.15) is 0 Å². The summed E-state index contributed by atoms with van der Waals surface area (Å²) in [6, 6.07) is 17.6. The van der Waals surface area contributed by atoms with E-state index in [9.17, 15) is 24.0 Å². The van der Waals surface area contributed by atoms with Crippen LogP contribution < -0.4 is 33.2 Å². The Bertz CT molecular complexity index is 1600. The molecule has 57 heavy (non-hydrogen) atoms. The molecule has 2 aromatic carbocycles. The number of hydrogen-bond acceptors (Lipinski definition) is 9. The highest BCUT2D eigenvalue weighted by molar-refractivity contribution is 5.99. The van der Waals surface area contributed by atoms with E-state index in [0.29, 0.717) is 90.5 Å². The van der Waals surface area contributed by atoms with E-state index in [1.807, 2.05) is 74.5 Å². The van der Waals surface area contributed by atoms with Crippen LogP contribution in [0.3, 0.4) is 0 Å². The van der Waals surface area contributed by atoms with E-state index in [4.69, 9.17) is 21.9 Å². The normalized spacial score (nSPS) is 20.2. The molecular formula is C44H67N7O6. The van der Waals surface area contributed by atoms with Crippen molar-refractivity contribution in [2.75, 3.05) is 39.8 Å². The summed E-state index contributed by atoms with van der Waals surface area (Å²) in [6.45, 7) is 6.33. The third-order valence-corrected chi connectivity index (χ3v) is 12.2. The number of methoxy groups -OCH3 is 1. The molecule has 4 rings (SSSR count). The van der Waals surface area contributed by atoms with E-state index in [2.05, 4.69) is 16.0 Å². The number of ether oxygens (including phenoxy) is 1. The Morgan fingerprint density at radius 3 is 2.07 bits per heavy atom. The van der Waals surface area contributed by atoms with Crippen molar-refractivity contribution in [3.05, 3.63) is 71.8 Å². The Kier molecular flexibility index (Phi) is 17.5. The summed E-state index contributed by atoms with van der Waals surface area (Å²) in [4.78, 5) is 70.1. The number of carbonyl (C=O) groups excluding carboxylic acids is 5. The zero-order valence-corrected chi connectivity index (χ0v) is 34.3. The van der Waals surface area contributed by atoms with Gasteiger partial charge in [-0.15, -0.1) is 0 Å². The Morgan fingerprint density at radius 2 is 1.49 bits per heavy atom. The van der Waals surface area contributed by atoms with Crippen molar-refractivity contribution in [3.63, 3.8) is 0 Å². The van der Waals surface area contributed by atoms with Crippen molar-refractivity contribution < 1.29 is 28.7 Å². The second kappa shape index (κ2) is 22.0. The topological polar surface area (TPSA) is 212 Å². The van der Waals surface area contributed by atoms with Crippen LogP contribution in [0, 0.1) is 17.3 Å². The molecular weight excluding hydrogens is 723 g/mol. The zero-order chi connectivity index (χ0) is 41.4. The van der Waals surface area contributed by atoms with Crippen LogP contribution >= 0.6 is 0 Å². The summed E-state index contributed by atoms with van der Waals surface area (Å²) >= 11 is 0. The zero-order valence-electron chi connectivity index (χ0n) is 34.3. The van der Waals surface area contributed by atoms with Crippen LogP contribution in [0.1, 0.15) is 102 Å². The minimum Gasteiger partial charge on any atom is -0.469 e. The summed E-state index contributed by atoms with van der Waals surface area (Å²) in [5.41, 5.74) is 18.4. The number of amides is 4. The third kappa shape index (κ3) is 12.8. The number of nitrogens with one attached hydrogen (secondary N) is 3. The van der Waals surface area contributed by atoms with Crippen LogP contribution in [0.2, 0.25) is 0 Å². The second-order valence-electron chi connectivity index (χ2n) is 16.5. The van der Waals surface area contributed by atoms with Crippen molar-refractivity contribution in [3.8, 4) is 0 Å². The maximum absolute atomic E-state index is 14.4. The highest BCUT2D eigenvalue weighted by atomic mass is 16.5. The van der Waals surface area contributed by atoms with Gasteiger partial charge in [0.25, 0.3) is 0 Å². The number of esters is 1. The summed E-state index contributed by atoms with van der Waals surface area (Å²) in [7, 11) is 1.38. The van der Waals surface area contributed by atoms with E-state index in [1.54, 1.807) is 4.90 Å². The molecule has 314 valence electrons. The highest BCUT2D eigenvalue weighted by Gasteiger charge is 2.62. The second-order valence-corrected chi connectivity index (χ2v) is 16.5. The Hall–Kier alpha value is -4.33. The van der Waals surface area contributed by atoms with Gasteiger partial charge in [-0.05, 0) is 112 Å². The molecule has 13 nitrogen and oxygen atoms in total. The molecule has 0 radical (unpaired) electrons. The third-order valence-electron chi connectivity index (χ3n) is 12.2. The van der Waals surface area contributed by atoms with Gasteiger partial charge in [-0.25, -0.2) is 0 Å². The van der Waals surface area contributed by atoms with Crippen LogP contribution in [0.4, 0.5) is 0 Å². The number of hydrogen-bond donors (Lipinski definition) is 6. The van der Waals surface area contributed by atoms with Gasteiger partial charge in [0, 0.05) is 32.4 Å². The molecule has 3 unspecified atom stereocenters. The average Bonchev–Trinajstić information content (AvgIpc) is 3.96. The first-order valence-electron chi connectivity index (χ1n) is 20.9. The van der Waals surface area contributed by atoms with Gasteiger partial charge in [0.1, 0.15) is 17.6 Å². The van der Waals surface area contributed by atoms with Crippen molar-refractivity contribution in [1.29, 1.82) is 0 Å². The van der Waals surface area contributed by atoms with Gasteiger partial charge in [0.2, 0.25) is 23.6 Å². The molecule has 4 amide bonds. The molecule has 0 aromatic heterocycles. The van der Waals surface area contributed by atoms with E-state index in [-0.39, 0.29) is 53.8 Å². The van der Waals surface area contributed by atoms with Crippen LogP contribution in [0.25, 0.3) is 0 Å². The summed E-state index contributed by atoms with van der Waals surface area (Å²) in [5.74, 6) is -1.65. The number of nitrogens with two attached hydrogens (primary N) is 3. The van der Waals surface area contributed by atoms with Crippen molar-refractivity contribution in [2.45, 2.75) is 114 Å². The minimum absolute atomic E-state index is 0.00548. The van der Waals surface area contributed by atoms with Crippen LogP contribution in [0.15, 0.2) is 60.7 Å². The molecule has 2 aliphatic rings. The predicted octanol–water partition coefficient (Wildman–Crippen LogP) is 3.29. The van der Waals surface area contributed by atoms with E-state index in [0.717, 1.165) is 17.5 Å². The fourth-order valence-electron chi connectivity index (χ4n) is 8.50. The summed E-state index contributed by atoms with van der Waals surface area (Å²) < 4.78 is 4.88. The van der Waals surface area contributed by atoms with Gasteiger partial charge in [0.05, 0.1) is 7.11 Å². The Balaban J connectivity index is 1.49. The van der Waals surface area contributed by atoms with Gasteiger partial charge in [-0.3, -0.25) is 24.0 Å². The SMILES string of the molecule is COC(=O)CCC1(CCN)CCN(C(=O)[C@@H](CCCCN)NC(=O)C2(NC(=O)[C@@H](Cc3ccccc3)NC(=O)CCC(CN)c3ccccc3)CC2C(C)C)CC1. The summed E-state index contributed by atoms with van der Waals surface area (Å²) in [5, 5.41) is 9.14. The fourth-order valence-corrected chi connectivity index (χ4v) is 8.50. The minimum atomic E-state index is -1.23. The first kappa shape index (κ1) is 45.4. The number of carbonyl (C=O) groups is 5. The Labute approximate surface area is 339 Å². The lowest BCUT2D eigenvalue weighted by molar-refractivity contribution is -0.143. The molecule has 5 atom stereocenters. The lowest BCUT2D eigenvalue weighted by Crippen LogP contribution is -2.60. The molecule has 1 saturated heterocycles. The first-order chi connectivity index (χ1) is 27.4. The van der Waals surface area contributed by atoms with Crippen LogP contribution in [-0.4, -0.2) is 92.0 Å². The maximum Gasteiger partial charge on any atom is 0.305 e. The highest BCUT2D eigenvalue weighted by Crippen LogP contribution is 2.49. The smallest absolute Gasteiger partial charge is 0.305 e. The molecule has 9 N–H and O–H groups in total.